The molecule has 21 heavy (non-hydrogen) atoms. The van der Waals surface area contributed by atoms with Crippen LogP contribution in [0.4, 0.5) is 11.6 Å². The highest BCUT2D eigenvalue weighted by Gasteiger charge is 2.23. The van der Waals surface area contributed by atoms with Gasteiger partial charge in [0.2, 0.25) is 0 Å². The fraction of sp³-hybridized carbons (Fsp3) is 0.750. The summed E-state index contributed by atoms with van der Waals surface area (Å²) in [5.74, 6) is 2.10. The predicted octanol–water partition coefficient (Wildman–Crippen LogP) is 2.39. The minimum absolute atomic E-state index is 0.681. The van der Waals surface area contributed by atoms with Gasteiger partial charge < -0.3 is 10.2 Å². The Labute approximate surface area is 128 Å². The van der Waals surface area contributed by atoms with Crippen molar-refractivity contribution < 1.29 is 0 Å². The maximum Gasteiger partial charge on any atom is 0.137 e. The number of rotatable bonds is 6. The molecular weight excluding hydrogens is 262 g/mol. The van der Waals surface area contributed by atoms with Gasteiger partial charge in [-0.3, -0.25) is 4.90 Å². The molecule has 1 aromatic rings. The summed E-state index contributed by atoms with van der Waals surface area (Å²) in [6, 6.07) is 0.681. The molecule has 0 radical (unpaired) electrons. The lowest BCUT2D eigenvalue weighted by atomic mass is 10.1. The van der Waals surface area contributed by atoms with E-state index in [0.29, 0.717) is 6.04 Å². The van der Waals surface area contributed by atoms with Gasteiger partial charge in [-0.25, -0.2) is 9.97 Å². The highest BCUT2D eigenvalue weighted by molar-refractivity contribution is 5.58. The molecule has 0 amide bonds. The van der Waals surface area contributed by atoms with Crippen LogP contribution in [0, 0.1) is 0 Å². The summed E-state index contributed by atoms with van der Waals surface area (Å²) >= 11 is 0. The van der Waals surface area contributed by atoms with Crippen LogP contribution in [0.2, 0.25) is 0 Å². The van der Waals surface area contributed by atoms with Gasteiger partial charge in [-0.1, -0.05) is 20.3 Å². The van der Waals surface area contributed by atoms with Crippen LogP contribution in [-0.2, 0) is 6.42 Å². The normalized spacial score (nSPS) is 17.8. The summed E-state index contributed by atoms with van der Waals surface area (Å²) in [5, 5.41) is 3.21. The van der Waals surface area contributed by atoms with Crippen molar-refractivity contribution in [3.05, 3.63) is 11.9 Å². The first kappa shape index (κ1) is 16.0. The number of piperazine rings is 1. The molecular formula is C16H29N5. The lowest BCUT2D eigenvalue weighted by Crippen LogP contribution is -2.50. The average molecular weight is 291 g/mol. The summed E-state index contributed by atoms with van der Waals surface area (Å²) in [5.41, 5.74) is 1.26. The Morgan fingerprint density at radius 3 is 2.48 bits per heavy atom. The molecule has 0 spiro atoms. The zero-order valence-electron chi connectivity index (χ0n) is 13.9. The Bertz CT molecular complexity index is 440. The second-order valence-corrected chi connectivity index (χ2v) is 5.80. The van der Waals surface area contributed by atoms with Gasteiger partial charge in [0.15, 0.2) is 0 Å². The third-order valence-electron chi connectivity index (χ3n) is 4.49. The van der Waals surface area contributed by atoms with Gasteiger partial charge in [-0.15, -0.1) is 0 Å². The summed E-state index contributed by atoms with van der Waals surface area (Å²) in [7, 11) is 1.94. The summed E-state index contributed by atoms with van der Waals surface area (Å²) in [6.45, 7) is 11.2. The van der Waals surface area contributed by atoms with Gasteiger partial charge in [-0.2, -0.15) is 0 Å². The fourth-order valence-corrected chi connectivity index (χ4v) is 3.00. The third kappa shape index (κ3) is 3.64. The minimum atomic E-state index is 0.681. The standard InChI is InChI=1S/C16H29N5/c1-5-7-14-15(17-4)18-12-19-16(14)21-10-8-20(9-11-21)13(3)6-2/h12-13H,5-11H2,1-4H3,(H,17,18,19). The molecule has 0 aliphatic carbocycles. The third-order valence-corrected chi connectivity index (χ3v) is 4.49. The van der Waals surface area contributed by atoms with E-state index in [2.05, 4.69) is 45.9 Å². The molecule has 5 nitrogen and oxygen atoms in total. The number of nitrogens with one attached hydrogen (secondary N) is 1. The zero-order valence-corrected chi connectivity index (χ0v) is 13.9. The van der Waals surface area contributed by atoms with E-state index in [0.717, 1.165) is 50.7 Å². The molecule has 1 unspecified atom stereocenters. The van der Waals surface area contributed by atoms with Crippen LogP contribution >= 0.6 is 0 Å². The molecule has 1 aromatic heterocycles. The maximum atomic E-state index is 4.58. The Morgan fingerprint density at radius 1 is 1.19 bits per heavy atom. The van der Waals surface area contributed by atoms with Crippen LogP contribution < -0.4 is 10.2 Å². The molecule has 0 saturated carbocycles. The van der Waals surface area contributed by atoms with Crippen molar-refractivity contribution in [2.24, 2.45) is 0 Å². The molecule has 1 fully saturated rings. The molecule has 118 valence electrons. The van der Waals surface area contributed by atoms with Gasteiger partial charge >= 0.3 is 0 Å². The van der Waals surface area contributed by atoms with E-state index in [4.69, 9.17) is 0 Å². The number of hydrogen-bond acceptors (Lipinski definition) is 5. The van der Waals surface area contributed by atoms with E-state index in [-0.39, 0.29) is 0 Å². The van der Waals surface area contributed by atoms with Crippen molar-refractivity contribution in [2.75, 3.05) is 43.4 Å². The van der Waals surface area contributed by atoms with Crippen LogP contribution in [0.3, 0.4) is 0 Å². The fourth-order valence-electron chi connectivity index (χ4n) is 3.00. The van der Waals surface area contributed by atoms with Crippen LogP contribution in [0.15, 0.2) is 6.33 Å². The van der Waals surface area contributed by atoms with E-state index in [1.54, 1.807) is 6.33 Å². The van der Waals surface area contributed by atoms with Crippen LogP contribution in [0.1, 0.15) is 39.2 Å². The lowest BCUT2D eigenvalue weighted by Gasteiger charge is -2.39. The average Bonchev–Trinajstić information content (AvgIpc) is 2.54. The molecule has 1 aliphatic heterocycles. The Kier molecular flexibility index (Phi) is 5.79. The number of aromatic nitrogens is 2. The predicted molar refractivity (Wildman–Crippen MR) is 89.1 cm³/mol. The minimum Gasteiger partial charge on any atom is -0.373 e. The lowest BCUT2D eigenvalue weighted by molar-refractivity contribution is 0.192. The highest BCUT2D eigenvalue weighted by Crippen LogP contribution is 2.26. The van der Waals surface area contributed by atoms with E-state index in [1.807, 2.05) is 7.05 Å². The maximum absolute atomic E-state index is 4.58. The number of nitrogens with zero attached hydrogens (tertiary/aromatic N) is 4. The van der Waals surface area contributed by atoms with Gasteiger partial charge in [0.1, 0.15) is 18.0 Å². The Balaban J connectivity index is 2.12. The molecule has 1 N–H and O–H groups in total. The molecule has 2 rings (SSSR count). The SMILES string of the molecule is CCCc1c(NC)ncnc1N1CCN(C(C)CC)CC1. The molecule has 1 aliphatic rings. The van der Waals surface area contributed by atoms with Crippen molar-refractivity contribution in [1.82, 2.24) is 14.9 Å². The van der Waals surface area contributed by atoms with Gasteiger partial charge in [0, 0.05) is 44.8 Å². The van der Waals surface area contributed by atoms with Crippen molar-refractivity contribution in [2.45, 2.75) is 46.1 Å². The molecule has 1 saturated heterocycles. The van der Waals surface area contributed by atoms with E-state index in [1.165, 1.54) is 12.0 Å². The van der Waals surface area contributed by atoms with Crippen molar-refractivity contribution >= 4 is 11.6 Å². The van der Waals surface area contributed by atoms with Crippen molar-refractivity contribution in [3.8, 4) is 0 Å². The number of anilines is 2. The molecule has 0 bridgehead atoms. The van der Waals surface area contributed by atoms with Crippen LogP contribution in [0.5, 0.6) is 0 Å². The van der Waals surface area contributed by atoms with Gasteiger partial charge in [-0.05, 0) is 19.8 Å². The van der Waals surface area contributed by atoms with E-state index < -0.39 is 0 Å². The Morgan fingerprint density at radius 2 is 1.90 bits per heavy atom. The first-order valence-corrected chi connectivity index (χ1v) is 8.21. The van der Waals surface area contributed by atoms with Gasteiger partial charge in [0.05, 0.1) is 0 Å². The highest BCUT2D eigenvalue weighted by atomic mass is 15.3. The Hall–Kier alpha value is -1.36. The molecule has 1 atom stereocenters. The molecule has 0 aromatic carbocycles. The largest absolute Gasteiger partial charge is 0.373 e. The van der Waals surface area contributed by atoms with Gasteiger partial charge in [0.25, 0.3) is 0 Å². The second kappa shape index (κ2) is 7.59. The molecule has 5 heteroatoms. The van der Waals surface area contributed by atoms with Crippen molar-refractivity contribution in [3.63, 3.8) is 0 Å². The summed E-state index contributed by atoms with van der Waals surface area (Å²) in [4.78, 5) is 13.9. The van der Waals surface area contributed by atoms with E-state index in [9.17, 15) is 0 Å². The monoisotopic (exact) mass is 291 g/mol. The molecule has 2 heterocycles. The summed E-state index contributed by atoms with van der Waals surface area (Å²) in [6.07, 6.45) is 5.04. The first-order valence-electron chi connectivity index (χ1n) is 8.21. The van der Waals surface area contributed by atoms with E-state index >= 15 is 0 Å². The first-order chi connectivity index (χ1) is 10.2. The summed E-state index contributed by atoms with van der Waals surface area (Å²) < 4.78 is 0. The van der Waals surface area contributed by atoms with Crippen LogP contribution in [-0.4, -0.2) is 54.1 Å². The quantitative estimate of drug-likeness (QED) is 0.872. The topological polar surface area (TPSA) is 44.3 Å². The number of hydrogen-bond donors (Lipinski definition) is 1. The van der Waals surface area contributed by atoms with Crippen LogP contribution in [0.25, 0.3) is 0 Å². The van der Waals surface area contributed by atoms with Crippen molar-refractivity contribution in [1.29, 1.82) is 0 Å². The zero-order chi connectivity index (χ0) is 15.2. The smallest absolute Gasteiger partial charge is 0.137 e. The second-order valence-electron chi connectivity index (χ2n) is 5.80.